The summed E-state index contributed by atoms with van der Waals surface area (Å²) < 4.78 is 5.66. The van der Waals surface area contributed by atoms with Crippen molar-refractivity contribution in [2.24, 2.45) is 5.92 Å². The molecule has 0 aliphatic heterocycles. The zero-order valence-corrected chi connectivity index (χ0v) is 16.9. The standard InChI is InChI=1S/C21H23NO7S/c23-19(22-28)13-30-10-4-5-15(20(24)25)11-14-8-9-17(12-18(14)21(26)27)29-16-6-2-1-3-7-16/h1-3,6-9,12,15,28H,4-5,10-11,13H2,(H,22,23)(H,24,25)(H,26,27). The van der Waals surface area contributed by atoms with Crippen molar-refractivity contribution in [3.05, 3.63) is 59.7 Å². The fourth-order valence-corrected chi connectivity index (χ4v) is 3.59. The molecule has 0 saturated carbocycles. The van der Waals surface area contributed by atoms with Crippen LogP contribution in [0.4, 0.5) is 0 Å². The highest BCUT2D eigenvalue weighted by molar-refractivity contribution is 7.99. The summed E-state index contributed by atoms with van der Waals surface area (Å²) in [4.78, 5) is 34.3. The average Bonchev–Trinajstić information content (AvgIpc) is 2.73. The van der Waals surface area contributed by atoms with Crippen molar-refractivity contribution in [1.82, 2.24) is 5.48 Å². The van der Waals surface area contributed by atoms with Gasteiger partial charge in [-0.25, -0.2) is 10.3 Å². The number of hydrogen-bond donors (Lipinski definition) is 4. The van der Waals surface area contributed by atoms with Gasteiger partial charge in [-0.2, -0.15) is 11.8 Å². The minimum Gasteiger partial charge on any atom is -0.481 e. The lowest BCUT2D eigenvalue weighted by Gasteiger charge is -2.15. The minimum absolute atomic E-state index is 0.00340. The van der Waals surface area contributed by atoms with E-state index in [1.54, 1.807) is 36.4 Å². The van der Waals surface area contributed by atoms with Crippen molar-refractivity contribution in [3.8, 4) is 11.5 Å². The molecular weight excluding hydrogens is 410 g/mol. The van der Waals surface area contributed by atoms with Crippen LogP contribution < -0.4 is 10.2 Å². The Morgan fingerprint density at radius 2 is 1.77 bits per heavy atom. The molecule has 8 nitrogen and oxygen atoms in total. The number of benzene rings is 2. The van der Waals surface area contributed by atoms with Crippen LogP contribution in [0.15, 0.2) is 48.5 Å². The first-order chi connectivity index (χ1) is 14.4. The zero-order chi connectivity index (χ0) is 21.9. The number of aromatic carboxylic acids is 1. The Hall–Kier alpha value is -3.04. The monoisotopic (exact) mass is 433 g/mol. The third-order valence-electron chi connectivity index (χ3n) is 4.31. The fraction of sp³-hybridized carbons (Fsp3) is 0.286. The van der Waals surface area contributed by atoms with Gasteiger partial charge in [0.05, 0.1) is 17.2 Å². The van der Waals surface area contributed by atoms with Gasteiger partial charge >= 0.3 is 11.9 Å². The zero-order valence-electron chi connectivity index (χ0n) is 16.1. The van der Waals surface area contributed by atoms with Gasteiger partial charge in [0.15, 0.2) is 0 Å². The molecule has 4 N–H and O–H groups in total. The van der Waals surface area contributed by atoms with Gasteiger partial charge in [-0.15, -0.1) is 0 Å². The second-order valence-corrected chi connectivity index (χ2v) is 7.61. The molecule has 2 aromatic rings. The van der Waals surface area contributed by atoms with E-state index in [1.165, 1.54) is 23.3 Å². The quantitative estimate of drug-likeness (QED) is 0.227. The molecule has 1 amide bonds. The van der Waals surface area contributed by atoms with Gasteiger partial charge in [0, 0.05) is 0 Å². The molecular formula is C21H23NO7S. The average molecular weight is 433 g/mol. The number of carbonyl (C=O) groups is 3. The van der Waals surface area contributed by atoms with Crippen LogP contribution in [0.2, 0.25) is 0 Å². The Bertz CT molecular complexity index is 873. The van der Waals surface area contributed by atoms with Crippen molar-refractivity contribution in [2.45, 2.75) is 19.3 Å². The molecule has 0 aromatic heterocycles. The van der Waals surface area contributed by atoms with Crippen LogP contribution in [-0.2, 0) is 16.0 Å². The molecule has 1 unspecified atom stereocenters. The lowest BCUT2D eigenvalue weighted by molar-refractivity contribution is -0.142. The molecule has 1 atom stereocenters. The number of carboxylic acids is 2. The summed E-state index contributed by atoms with van der Waals surface area (Å²) in [7, 11) is 0. The number of rotatable bonds is 12. The first-order valence-electron chi connectivity index (χ1n) is 9.23. The maximum Gasteiger partial charge on any atom is 0.336 e. The second kappa shape index (κ2) is 11.8. The first-order valence-corrected chi connectivity index (χ1v) is 10.4. The Morgan fingerprint density at radius 1 is 1.03 bits per heavy atom. The normalized spacial score (nSPS) is 11.5. The number of thioether (sulfide) groups is 1. The number of carbonyl (C=O) groups excluding carboxylic acids is 1. The number of nitrogens with one attached hydrogen (secondary N) is 1. The van der Waals surface area contributed by atoms with E-state index in [-0.39, 0.29) is 17.7 Å². The smallest absolute Gasteiger partial charge is 0.336 e. The van der Waals surface area contributed by atoms with Crippen LogP contribution in [0.1, 0.15) is 28.8 Å². The lowest BCUT2D eigenvalue weighted by atomic mass is 9.92. The number of aliphatic carboxylic acids is 1. The summed E-state index contributed by atoms with van der Waals surface area (Å²) in [5, 5.41) is 27.5. The van der Waals surface area contributed by atoms with Gasteiger partial charge < -0.3 is 14.9 Å². The molecule has 0 fully saturated rings. The Labute approximate surface area is 177 Å². The van der Waals surface area contributed by atoms with Gasteiger partial charge in [0.2, 0.25) is 0 Å². The van der Waals surface area contributed by atoms with Crippen LogP contribution >= 0.6 is 11.8 Å². The third kappa shape index (κ3) is 7.41. The molecule has 0 saturated heterocycles. The number of hydroxylamine groups is 1. The van der Waals surface area contributed by atoms with Crippen molar-refractivity contribution >= 4 is 29.6 Å². The predicted octanol–water partition coefficient (Wildman–Crippen LogP) is 3.44. The fourth-order valence-electron chi connectivity index (χ4n) is 2.83. The molecule has 0 radical (unpaired) electrons. The van der Waals surface area contributed by atoms with E-state index in [4.69, 9.17) is 9.94 Å². The highest BCUT2D eigenvalue weighted by Crippen LogP contribution is 2.26. The number of ether oxygens (including phenoxy) is 1. The molecule has 0 spiro atoms. The maximum atomic E-state index is 11.7. The van der Waals surface area contributed by atoms with Crippen LogP contribution in [0.25, 0.3) is 0 Å². The minimum atomic E-state index is -1.15. The second-order valence-electron chi connectivity index (χ2n) is 6.51. The van der Waals surface area contributed by atoms with Crippen LogP contribution in [0.5, 0.6) is 11.5 Å². The Morgan fingerprint density at radius 3 is 2.40 bits per heavy atom. The highest BCUT2D eigenvalue weighted by Gasteiger charge is 2.21. The van der Waals surface area contributed by atoms with Gasteiger partial charge in [-0.3, -0.25) is 14.8 Å². The maximum absolute atomic E-state index is 11.7. The number of para-hydroxylation sites is 1. The molecule has 9 heteroatoms. The molecule has 0 aliphatic carbocycles. The van der Waals surface area contributed by atoms with Crippen molar-refractivity contribution < 1.29 is 34.5 Å². The Kier molecular flexibility index (Phi) is 9.17. The van der Waals surface area contributed by atoms with E-state index in [0.717, 1.165) is 0 Å². The van der Waals surface area contributed by atoms with Crippen molar-refractivity contribution in [1.29, 1.82) is 0 Å². The molecule has 30 heavy (non-hydrogen) atoms. The molecule has 0 aliphatic rings. The molecule has 2 aromatic carbocycles. The first kappa shape index (κ1) is 23.2. The molecule has 0 heterocycles. The van der Waals surface area contributed by atoms with Gasteiger partial charge in [-0.05, 0) is 54.8 Å². The summed E-state index contributed by atoms with van der Waals surface area (Å²) in [5.41, 5.74) is 1.95. The Balaban J connectivity index is 2.03. The van der Waals surface area contributed by atoms with E-state index in [0.29, 0.717) is 35.7 Å². The predicted molar refractivity (Wildman–Crippen MR) is 111 cm³/mol. The molecule has 0 bridgehead atoms. The number of carboxylic acid groups (broad SMARTS) is 2. The van der Waals surface area contributed by atoms with Gasteiger partial charge in [-0.1, -0.05) is 24.3 Å². The van der Waals surface area contributed by atoms with Crippen LogP contribution in [-0.4, -0.2) is 44.8 Å². The van der Waals surface area contributed by atoms with Gasteiger partial charge in [0.25, 0.3) is 5.91 Å². The summed E-state index contributed by atoms with van der Waals surface area (Å²) in [6.07, 6.45) is 0.951. The van der Waals surface area contributed by atoms with Gasteiger partial charge in [0.1, 0.15) is 11.5 Å². The number of amides is 1. The molecule has 160 valence electrons. The van der Waals surface area contributed by atoms with E-state index < -0.39 is 23.8 Å². The van der Waals surface area contributed by atoms with Crippen molar-refractivity contribution in [2.75, 3.05) is 11.5 Å². The summed E-state index contributed by atoms with van der Waals surface area (Å²) in [5.74, 6) is -1.87. The number of hydrogen-bond acceptors (Lipinski definition) is 6. The van der Waals surface area contributed by atoms with Crippen molar-refractivity contribution in [3.63, 3.8) is 0 Å². The summed E-state index contributed by atoms with van der Waals surface area (Å²) >= 11 is 1.28. The highest BCUT2D eigenvalue weighted by atomic mass is 32.2. The van der Waals surface area contributed by atoms with E-state index in [2.05, 4.69) is 0 Å². The third-order valence-corrected chi connectivity index (χ3v) is 5.35. The largest absolute Gasteiger partial charge is 0.481 e. The SMILES string of the molecule is O=C(CSCCCC(Cc1ccc(Oc2ccccc2)cc1C(=O)O)C(=O)O)NO. The molecule has 2 rings (SSSR count). The van der Waals surface area contributed by atoms with Crippen LogP contribution in [0.3, 0.4) is 0 Å². The summed E-state index contributed by atoms with van der Waals surface area (Å²) in [6.45, 7) is 0. The van der Waals surface area contributed by atoms with E-state index >= 15 is 0 Å². The topological polar surface area (TPSA) is 133 Å². The lowest BCUT2D eigenvalue weighted by Crippen LogP contribution is -2.21. The summed E-state index contributed by atoms with van der Waals surface area (Å²) in [6, 6.07) is 13.5. The van der Waals surface area contributed by atoms with E-state index in [9.17, 15) is 24.6 Å². The van der Waals surface area contributed by atoms with E-state index in [1.807, 2.05) is 6.07 Å². The van der Waals surface area contributed by atoms with Crippen LogP contribution in [0, 0.1) is 5.92 Å².